The number of hydrogen-bond donors (Lipinski definition) is 2. The predicted octanol–water partition coefficient (Wildman–Crippen LogP) is 2.23. The minimum atomic E-state index is -0.501. The van der Waals surface area contributed by atoms with Gasteiger partial charge in [0.25, 0.3) is 0 Å². The summed E-state index contributed by atoms with van der Waals surface area (Å²) in [4.78, 5) is 14.1. The van der Waals surface area contributed by atoms with Gasteiger partial charge in [-0.05, 0) is 26.7 Å². The van der Waals surface area contributed by atoms with E-state index in [0.29, 0.717) is 12.3 Å². The van der Waals surface area contributed by atoms with E-state index in [2.05, 4.69) is 5.32 Å². The van der Waals surface area contributed by atoms with Gasteiger partial charge in [-0.25, -0.2) is 4.39 Å². The maximum Gasteiger partial charge on any atom is 0.244 e. The van der Waals surface area contributed by atoms with Crippen molar-refractivity contribution in [2.75, 3.05) is 30.7 Å². The molecular weight excluding hydrogens is 273 g/mol. The molecule has 1 amide bonds. The van der Waals surface area contributed by atoms with E-state index in [1.54, 1.807) is 13.8 Å². The highest BCUT2D eigenvalue weighted by atomic mass is 19.1. The lowest BCUT2D eigenvalue weighted by Crippen LogP contribution is -2.39. The Hall–Kier alpha value is -1.98. The summed E-state index contributed by atoms with van der Waals surface area (Å²) in [5.41, 5.74) is 6.58. The van der Waals surface area contributed by atoms with Gasteiger partial charge < -0.3 is 20.7 Å². The van der Waals surface area contributed by atoms with Crippen molar-refractivity contribution in [3.63, 3.8) is 0 Å². The zero-order valence-electron chi connectivity index (χ0n) is 12.5. The first kappa shape index (κ1) is 15.4. The lowest BCUT2D eigenvalue weighted by Gasteiger charge is -2.23. The molecule has 1 aromatic rings. The van der Waals surface area contributed by atoms with Crippen LogP contribution in [0.2, 0.25) is 0 Å². The summed E-state index contributed by atoms with van der Waals surface area (Å²) in [6.07, 6.45) is 2.09. The molecule has 21 heavy (non-hydrogen) atoms. The fourth-order valence-corrected chi connectivity index (χ4v) is 2.47. The molecule has 1 fully saturated rings. The predicted molar refractivity (Wildman–Crippen MR) is 80.9 cm³/mol. The molecule has 0 spiro atoms. The number of carbonyl (C=O) groups excluding carboxylic acids is 1. The highest BCUT2D eigenvalue weighted by Gasteiger charge is 2.23. The van der Waals surface area contributed by atoms with Crippen molar-refractivity contribution in [1.29, 1.82) is 0 Å². The quantitative estimate of drug-likeness (QED) is 0.817. The van der Waals surface area contributed by atoms with E-state index in [1.165, 1.54) is 12.1 Å². The minimum absolute atomic E-state index is 0.0363. The number of carbonyl (C=O) groups is 1. The minimum Gasteiger partial charge on any atom is -0.491 e. The Morgan fingerprint density at radius 3 is 2.76 bits per heavy atom. The summed E-state index contributed by atoms with van der Waals surface area (Å²) in [6, 6.07) is 2.30. The number of nitrogens with two attached hydrogens (primary N) is 1. The molecule has 2 rings (SSSR count). The van der Waals surface area contributed by atoms with Crippen LogP contribution < -0.4 is 15.8 Å². The molecule has 1 saturated heterocycles. The van der Waals surface area contributed by atoms with Gasteiger partial charge >= 0.3 is 0 Å². The Morgan fingerprint density at radius 2 is 2.14 bits per heavy atom. The van der Waals surface area contributed by atoms with Crippen LogP contribution in [0.3, 0.4) is 0 Å². The van der Waals surface area contributed by atoms with Crippen molar-refractivity contribution >= 4 is 17.3 Å². The second-order valence-electron chi connectivity index (χ2n) is 5.20. The van der Waals surface area contributed by atoms with Gasteiger partial charge in [0.1, 0.15) is 6.04 Å². The van der Waals surface area contributed by atoms with E-state index < -0.39 is 11.9 Å². The number of anilines is 2. The van der Waals surface area contributed by atoms with Crippen molar-refractivity contribution in [3.8, 4) is 5.75 Å². The second kappa shape index (κ2) is 6.65. The molecule has 1 unspecified atom stereocenters. The molecule has 1 heterocycles. The smallest absolute Gasteiger partial charge is 0.244 e. The second-order valence-corrected chi connectivity index (χ2v) is 5.20. The Bertz CT molecular complexity index is 516. The summed E-state index contributed by atoms with van der Waals surface area (Å²) in [7, 11) is 0. The monoisotopic (exact) mass is 295 g/mol. The summed E-state index contributed by atoms with van der Waals surface area (Å²) < 4.78 is 18.9. The number of nitrogens with one attached hydrogen (secondary N) is 1. The van der Waals surface area contributed by atoms with Crippen molar-refractivity contribution in [2.45, 2.75) is 32.7 Å². The van der Waals surface area contributed by atoms with Crippen LogP contribution in [0, 0.1) is 5.82 Å². The zero-order valence-corrected chi connectivity index (χ0v) is 12.5. The molecule has 5 nitrogen and oxygen atoms in total. The van der Waals surface area contributed by atoms with Crippen LogP contribution in [0.1, 0.15) is 26.7 Å². The number of amides is 1. The first-order valence-corrected chi connectivity index (χ1v) is 7.30. The standard InChI is InChI=1S/C15H22FN3O2/c1-3-21-14-9-13(12(17)8-11(14)16)18-10(2)15(20)19-6-4-5-7-19/h8-10,18H,3-7,17H2,1-2H3. The van der Waals surface area contributed by atoms with Crippen molar-refractivity contribution < 1.29 is 13.9 Å². The SMILES string of the molecule is CCOc1cc(NC(C)C(=O)N2CCCC2)c(N)cc1F. The number of likely N-dealkylation sites (tertiary alicyclic amines) is 1. The highest BCUT2D eigenvalue weighted by Crippen LogP contribution is 2.29. The van der Waals surface area contributed by atoms with E-state index in [0.717, 1.165) is 25.9 Å². The van der Waals surface area contributed by atoms with Gasteiger partial charge in [-0.2, -0.15) is 0 Å². The molecule has 0 radical (unpaired) electrons. The first-order chi connectivity index (χ1) is 10.0. The summed E-state index contributed by atoms with van der Waals surface area (Å²) in [5.74, 6) is -0.331. The molecular formula is C15H22FN3O2. The topological polar surface area (TPSA) is 67.6 Å². The van der Waals surface area contributed by atoms with Crippen LogP contribution in [-0.4, -0.2) is 36.5 Å². The molecule has 1 aliphatic rings. The Kier molecular flexibility index (Phi) is 4.88. The van der Waals surface area contributed by atoms with Gasteiger partial charge in [-0.1, -0.05) is 0 Å². The zero-order chi connectivity index (χ0) is 15.4. The average Bonchev–Trinajstić information content (AvgIpc) is 2.97. The maximum absolute atomic E-state index is 13.7. The normalized spacial score (nSPS) is 15.9. The van der Waals surface area contributed by atoms with Crippen LogP contribution in [-0.2, 0) is 4.79 Å². The lowest BCUT2D eigenvalue weighted by molar-refractivity contribution is -0.130. The van der Waals surface area contributed by atoms with E-state index >= 15 is 0 Å². The Balaban J connectivity index is 2.10. The Morgan fingerprint density at radius 1 is 1.48 bits per heavy atom. The van der Waals surface area contributed by atoms with Gasteiger partial charge in [-0.3, -0.25) is 4.79 Å². The lowest BCUT2D eigenvalue weighted by atomic mass is 10.2. The third-order valence-electron chi connectivity index (χ3n) is 3.56. The highest BCUT2D eigenvalue weighted by molar-refractivity contribution is 5.86. The summed E-state index contributed by atoms with van der Waals surface area (Å²) in [6.45, 7) is 5.52. The molecule has 0 saturated carbocycles. The number of ether oxygens (including phenoxy) is 1. The van der Waals surface area contributed by atoms with E-state index in [-0.39, 0.29) is 17.3 Å². The van der Waals surface area contributed by atoms with E-state index in [4.69, 9.17) is 10.5 Å². The van der Waals surface area contributed by atoms with Crippen molar-refractivity contribution in [2.24, 2.45) is 0 Å². The van der Waals surface area contributed by atoms with Crippen molar-refractivity contribution in [1.82, 2.24) is 4.90 Å². The van der Waals surface area contributed by atoms with Crippen LogP contribution >= 0.6 is 0 Å². The molecule has 3 N–H and O–H groups in total. The molecule has 0 aliphatic carbocycles. The van der Waals surface area contributed by atoms with E-state index in [1.807, 2.05) is 4.90 Å². The number of halogens is 1. The number of nitrogen functional groups attached to an aromatic ring is 1. The molecule has 1 aliphatic heterocycles. The largest absolute Gasteiger partial charge is 0.491 e. The number of hydrogen-bond acceptors (Lipinski definition) is 4. The van der Waals surface area contributed by atoms with Gasteiger partial charge in [0.05, 0.1) is 18.0 Å². The van der Waals surface area contributed by atoms with Crippen LogP contribution in [0.15, 0.2) is 12.1 Å². The van der Waals surface area contributed by atoms with Crippen LogP contribution in [0.25, 0.3) is 0 Å². The summed E-state index contributed by atoms with van der Waals surface area (Å²) >= 11 is 0. The molecule has 0 aromatic heterocycles. The first-order valence-electron chi connectivity index (χ1n) is 7.30. The number of rotatable bonds is 5. The van der Waals surface area contributed by atoms with Crippen LogP contribution in [0.5, 0.6) is 5.75 Å². The van der Waals surface area contributed by atoms with Gasteiger partial charge in [-0.15, -0.1) is 0 Å². The third kappa shape index (κ3) is 3.56. The average molecular weight is 295 g/mol. The fraction of sp³-hybridized carbons (Fsp3) is 0.533. The van der Waals surface area contributed by atoms with Gasteiger partial charge in [0, 0.05) is 25.2 Å². The maximum atomic E-state index is 13.7. The van der Waals surface area contributed by atoms with E-state index in [9.17, 15) is 9.18 Å². The van der Waals surface area contributed by atoms with Gasteiger partial charge in [0.15, 0.2) is 11.6 Å². The molecule has 6 heteroatoms. The molecule has 1 atom stereocenters. The van der Waals surface area contributed by atoms with Crippen molar-refractivity contribution in [3.05, 3.63) is 17.9 Å². The summed E-state index contributed by atoms with van der Waals surface area (Å²) in [5, 5.41) is 3.05. The number of benzene rings is 1. The number of nitrogens with zero attached hydrogens (tertiary/aromatic N) is 1. The molecule has 116 valence electrons. The Labute approximate surface area is 124 Å². The fourth-order valence-electron chi connectivity index (χ4n) is 2.47. The van der Waals surface area contributed by atoms with Gasteiger partial charge in [0.2, 0.25) is 5.91 Å². The van der Waals surface area contributed by atoms with Crippen LogP contribution in [0.4, 0.5) is 15.8 Å². The third-order valence-corrected chi connectivity index (χ3v) is 3.56. The molecule has 0 bridgehead atoms. The molecule has 1 aromatic carbocycles.